The third-order valence-corrected chi connectivity index (χ3v) is 2.34. The highest BCUT2D eigenvalue weighted by molar-refractivity contribution is 5.92. The largest absolute Gasteiger partial charge is 0.418 e. The minimum absolute atomic E-state index is 0.150. The minimum atomic E-state index is -4.52. The van der Waals surface area contributed by atoms with Crippen LogP contribution < -0.4 is 5.32 Å². The second-order valence-corrected chi connectivity index (χ2v) is 3.76. The van der Waals surface area contributed by atoms with E-state index in [0.29, 0.717) is 5.69 Å². The van der Waals surface area contributed by atoms with Gasteiger partial charge in [-0.15, -0.1) is 0 Å². The molecule has 0 saturated carbocycles. The molecule has 0 aliphatic carbocycles. The second kappa shape index (κ2) is 5.13. The molecule has 0 aliphatic heterocycles. The van der Waals surface area contributed by atoms with Crippen molar-refractivity contribution in [3.05, 3.63) is 47.9 Å². The molecular formula is C12H9F3N2O2. The number of para-hydroxylation sites is 1. The zero-order valence-electron chi connectivity index (χ0n) is 9.57. The van der Waals surface area contributed by atoms with Crippen molar-refractivity contribution < 1.29 is 22.5 Å². The Morgan fingerprint density at radius 2 is 2.00 bits per heavy atom. The molecule has 0 radical (unpaired) electrons. The second-order valence-electron chi connectivity index (χ2n) is 3.76. The maximum absolute atomic E-state index is 12.7. The summed E-state index contributed by atoms with van der Waals surface area (Å²) >= 11 is 0. The Labute approximate surface area is 106 Å². The topological polar surface area (TPSA) is 55.1 Å². The number of carbonyl (C=O) groups excluding carboxylic acids is 1. The van der Waals surface area contributed by atoms with Crippen molar-refractivity contribution in [1.29, 1.82) is 0 Å². The van der Waals surface area contributed by atoms with Gasteiger partial charge in [-0.2, -0.15) is 13.2 Å². The molecule has 1 aromatic heterocycles. The number of alkyl halides is 3. The van der Waals surface area contributed by atoms with Gasteiger partial charge in [0.15, 0.2) is 0 Å². The van der Waals surface area contributed by atoms with Crippen LogP contribution in [0.15, 0.2) is 41.1 Å². The van der Waals surface area contributed by atoms with Gasteiger partial charge in [0.2, 0.25) is 5.91 Å². The summed E-state index contributed by atoms with van der Waals surface area (Å²) in [4.78, 5) is 11.6. The Morgan fingerprint density at radius 3 is 2.63 bits per heavy atom. The van der Waals surface area contributed by atoms with Gasteiger partial charge < -0.3 is 9.84 Å². The molecule has 19 heavy (non-hydrogen) atoms. The number of hydrogen-bond donors (Lipinski definition) is 1. The first-order valence-electron chi connectivity index (χ1n) is 5.32. The van der Waals surface area contributed by atoms with Gasteiger partial charge >= 0.3 is 6.18 Å². The number of rotatable bonds is 3. The van der Waals surface area contributed by atoms with Crippen LogP contribution in [0.2, 0.25) is 0 Å². The smallest absolute Gasteiger partial charge is 0.364 e. The zero-order chi connectivity index (χ0) is 13.9. The fraction of sp³-hybridized carbons (Fsp3) is 0.167. The first-order valence-corrected chi connectivity index (χ1v) is 5.32. The first kappa shape index (κ1) is 13.1. The van der Waals surface area contributed by atoms with Gasteiger partial charge in [0, 0.05) is 6.07 Å². The van der Waals surface area contributed by atoms with Crippen molar-refractivity contribution in [1.82, 2.24) is 5.16 Å². The van der Waals surface area contributed by atoms with E-state index in [4.69, 9.17) is 0 Å². The van der Waals surface area contributed by atoms with Gasteiger partial charge in [0.1, 0.15) is 6.26 Å². The lowest BCUT2D eigenvalue weighted by atomic mass is 10.1. The van der Waals surface area contributed by atoms with Crippen molar-refractivity contribution >= 4 is 11.6 Å². The summed E-state index contributed by atoms with van der Waals surface area (Å²) in [5.74, 6) is -0.592. The van der Waals surface area contributed by atoms with Crippen LogP contribution >= 0.6 is 0 Å². The number of aromatic nitrogens is 1. The SMILES string of the molecule is O=C(Cc1ccon1)Nc1ccccc1C(F)(F)F. The van der Waals surface area contributed by atoms with E-state index in [1.165, 1.54) is 30.5 Å². The molecule has 1 N–H and O–H groups in total. The number of carbonyl (C=O) groups is 1. The number of halogens is 3. The number of nitrogens with one attached hydrogen (secondary N) is 1. The van der Waals surface area contributed by atoms with Crippen LogP contribution in [0, 0.1) is 0 Å². The van der Waals surface area contributed by atoms with Gasteiger partial charge in [0.25, 0.3) is 0 Å². The number of nitrogens with zero attached hydrogens (tertiary/aromatic N) is 1. The molecule has 4 nitrogen and oxygen atoms in total. The van der Waals surface area contributed by atoms with Crippen molar-refractivity contribution in [2.24, 2.45) is 0 Å². The van der Waals surface area contributed by atoms with Crippen molar-refractivity contribution in [2.75, 3.05) is 5.32 Å². The normalized spacial score (nSPS) is 11.3. The molecule has 0 atom stereocenters. The summed E-state index contributed by atoms with van der Waals surface area (Å²) < 4.78 is 42.6. The van der Waals surface area contributed by atoms with E-state index >= 15 is 0 Å². The van der Waals surface area contributed by atoms with E-state index in [1.54, 1.807) is 0 Å². The minimum Gasteiger partial charge on any atom is -0.364 e. The van der Waals surface area contributed by atoms with Crippen LogP contribution in [0.3, 0.4) is 0 Å². The van der Waals surface area contributed by atoms with Gasteiger partial charge in [-0.1, -0.05) is 17.3 Å². The Hall–Kier alpha value is -2.31. The molecule has 0 unspecified atom stereocenters. The Morgan fingerprint density at radius 1 is 1.26 bits per heavy atom. The van der Waals surface area contributed by atoms with E-state index < -0.39 is 17.6 Å². The average Bonchev–Trinajstić information content (AvgIpc) is 2.81. The van der Waals surface area contributed by atoms with E-state index in [2.05, 4.69) is 15.0 Å². The van der Waals surface area contributed by atoms with Crippen molar-refractivity contribution in [3.8, 4) is 0 Å². The van der Waals surface area contributed by atoms with Crippen LogP contribution in [-0.4, -0.2) is 11.1 Å². The monoisotopic (exact) mass is 270 g/mol. The fourth-order valence-corrected chi connectivity index (χ4v) is 1.53. The predicted octanol–water partition coefficient (Wildman–Crippen LogP) is 2.87. The highest BCUT2D eigenvalue weighted by Crippen LogP contribution is 2.34. The van der Waals surface area contributed by atoms with Crippen LogP contribution in [0.1, 0.15) is 11.3 Å². The summed E-state index contributed by atoms with van der Waals surface area (Å²) in [5.41, 5.74) is -0.811. The highest BCUT2D eigenvalue weighted by Gasteiger charge is 2.33. The van der Waals surface area contributed by atoms with E-state index in [1.807, 2.05) is 0 Å². The Bertz CT molecular complexity index is 565. The Balaban J connectivity index is 2.13. The zero-order valence-corrected chi connectivity index (χ0v) is 9.57. The molecule has 0 fully saturated rings. The molecule has 2 rings (SSSR count). The maximum atomic E-state index is 12.7. The molecule has 0 saturated heterocycles. The third kappa shape index (κ3) is 3.34. The third-order valence-electron chi connectivity index (χ3n) is 2.34. The molecule has 1 heterocycles. The molecule has 2 aromatic rings. The van der Waals surface area contributed by atoms with Gasteiger partial charge in [0.05, 0.1) is 23.4 Å². The van der Waals surface area contributed by atoms with E-state index in [0.717, 1.165) is 6.07 Å². The standard InChI is InChI=1S/C12H9F3N2O2/c13-12(14,15)9-3-1-2-4-10(9)16-11(18)7-8-5-6-19-17-8/h1-6H,7H2,(H,16,18). The molecular weight excluding hydrogens is 261 g/mol. The number of benzene rings is 1. The van der Waals surface area contributed by atoms with Gasteiger partial charge in [-0.3, -0.25) is 4.79 Å². The summed E-state index contributed by atoms with van der Waals surface area (Å²) in [6.07, 6.45) is -3.38. The molecule has 100 valence electrons. The number of anilines is 1. The van der Waals surface area contributed by atoms with E-state index in [-0.39, 0.29) is 12.1 Å². The molecule has 0 bridgehead atoms. The lowest BCUT2D eigenvalue weighted by Crippen LogP contribution is -2.18. The molecule has 0 spiro atoms. The maximum Gasteiger partial charge on any atom is 0.418 e. The summed E-state index contributed by atoms with van der Waals surface area (Å²) in [7, 11) is 0. The number of amides is 1. The van der Waals surface area contributed by atoms with Gasteiger partial charge in [-0.25, -0.2) is 0 Å². The summed E-state index contributed by atoms with van der Waals surface area (Å²) in [6, 6.07) is 6.25. The Kier molecular flexibility index (Phi) is 3.55. The van der Waals surface area contributed by atoms with Crippen LogP contribution in [0.4, 0.5) is 18.9 Å². The molecule has 0 aliphatic rings. The van der Waals surface area contributed by atoms with Crippen molar-refractivity contribution in [3.63, 3.8) is 0 Å². The summed E-state index contributed by atoms with van der Waals surface area (Å²) in [5, 5.41) is 5.73. The quantitative estimate of drug-likeness (QED) is 0.933. The average molecular weight is 270 g/mol. The highest BCUT2D eigenvalue weighted by atomic mass is 19.4. The first-order chi connectivity index (χ1) is 8.97. The fourth-order valence-electron chi connectivity index (χ4n) is 1.53. The van der Waals surface area contributed by atoms with Crippen LogP contribution in [-0.2, 0) is 17.4 Å². The number of hydrogen-bond acceptors (Lipinski definition) is 3. The molecule has 7 heteroatoms. The lowest BCUT2D eigenvalue weighted by Gasteiger charge is -2.13. The van der Waals surface area contributed by atoms with E-state index in [9.17, 15) is 18.0 Å². The summed E-state index contributed by atoms with van der Waals surface area (Å²) in [6.45, 7) is 0. The van der Waals surface area contributed by atoms with Crippen LogP contribution in [0.25, 0.3) is 0 Å². The molecule has 1 amide bonds. The lowest BCUT2D eigenvalue weighted by molar-refractivity contribution is -0.137. The predicted molar refractivity (Wildman–Crippen MR) is 60.3 cm³/mol. The molecule has 1 aromatic carbocycles. The van der Waals surface area contributed by atoms with Crippen LogP contribution in [0.5, 0.6) is 0 Å². The van der Waals surface area contributed by atoms with Gasteiger partial charge in [-0.05, 0) is 12.1 Å². The van der Waals surface area contributed by atoms with Crippen molar-refractivity contribution in [2.45, 2.75) is 12.6 Å².